The molecule has 0 aliphatic heterocycles. The summed E-state index contributed by atoms with van der Waals surface area (Å²) in [6.45, 7) is 2.36. The lowest BCUT2D eigenvalue weighted by Gasteiger charge is -2.06. The Kier molecular flexibility index (Phi) is 5.87. The van der Waals surface area contributed by atoms with Gasteiger partial charge in [0.1, 0.15) is 0 Å². The van der Waals surface area contributed by atoms with Crippen LogP contribution in [0.25, 0.3) is 11.0 Å². The molecule has 3 aromatic rings. The first-order valence-electron chi connectivity index (χ1n) is 8.75. The molecule has 1 heterocycles. The summed E-state index contributed by atoms with van der Waals surface area (Å²) in [5.41, 5.74) is 1.64. The van der Waals surface area contributed by atoms with Gasteiger partial charge >= 0.3 is 6.09 Å². The van der Waals surface area contributed by atoms with Crippen LogP contribution in [0.15, 0.2) is 47.0 Å². The van der Waals surface area contributed by atoms with Crippen molar-refractivity contribution in [3.8, 4) is 6.07 Å². The minimum Gasteiger partial charge on any atom is -0.449 e. The summed E-state index contributed by atoms with van der Waals surface area (Å²) in [5, 5.41) is 18.6. The van der Waals surface area contributed by atoms with E-state index in [1.54, 1.807) is 36.4 Å². The molecular formula is C20H18N4O4. The SMILES string of the molecule is CCCCOC(=O)Nc1ccc2onc(NC(=O)c3cccc(C#N)c3)c2c1. The number of anilines is 2. The molecule has 0 fully saturated rings. The fourth-order valence-corrected chi connectivity index (χ4v) is 2.48. The zero-order valence-electron chi connectivity index (χ0n) is 15.2. The third-order valence-electron chi connectivity index (χ3n) is 3.93. The molecule has 142 valence electrons. The van der Waals surface area contributed by atoms with E-state index in [9.17, 15) is 9.59 Å². The maximum atomic E-state index is 12.4. The number of benzene rings is 2. The highest BCUT2D eigenvalue weighted by Crippen LogP contribution is 2.26. The lowest BCUT2D eigenvalue weighted by atomic mass is 10.1. The number of aromatic nitrogens is 1. The Hall–Kier alpha value is -3.86. The fraction of sp³-hybridized carbons (Fsp3) is 0.200. The molecule has 0 atom stereocenters. The number of nitrogens with one attached hydrogen (secondary N) is 2. The van der Waals surface area contributed by atoms with Gasteiger partial charge in [0.15, 0.2) is 11.4 Å². The second kappa shape index (κ2) is 8.68. The minimum atomic E-state index is -0.553. The standard InChI is InChI=1S/C20H18N4O4/c1-2-3-9-27-20(26)22-15-7-8-17-16(11-15)18(24-28-17)23-19(25)14-6-4-5-13(10-14)12-21/h4-8,10-11H,2-3,9H2,1H3,(H,22,26)(H,23,24,25). The van der Waals surface area contributed by atoms with Crippen molar-refractivity contribution in [2.75, 3.05) is 17.2 Å². The number of nitriles is 1. The normalized spacial score (nSPS) is 10.3. The third-order valence-corrected chi connectivity index (χ3v) is 3.93. The maximum Gasteiger partial charge on any atom is 0.411 e. The molecule has 2 amide bonds. The number of hydrogen-bond acceptors (Lipinski definition) is 6. The van der Waals surface area contributed by atoms with Gasteiger partial charge in [0, 0.05) is 11.3 Å². The van der Waals surface area contributed by atoms with Gasteiger partial charge in [-0.3, -0.25) is 10.1 Å². The highest BCUT2D eigenvalue weighted by Gasteiger charge is 2.14. The Labute approximate surface area is 161 Å². The van der Waals surface area contributed by atoms with Crippen molar-refractivity contribution in [2.45, 2.75) is 19.8 Å². The number of amides is 2. The molecule has 0 unspecified atom stereocenters. The van der Waals surface area contributed by atoms with E-state index in [1.165, 1.54) is 6.07 Å². The van der Waals surface area contributed by atoms with E-state index < -0.39 is 12.0 Å². The minimum absolute atomic E-state index is 0.213. The topological polar surface area (TPSA) is 117 Å². The van der Waals surface area contributed by atoms with Crippen LogP contribution in [0.1, 0.15) is 35.7 Å². The molecule has 28 heavy (non-hydrogen) atoms. The highest BCUT2D eigenvalue weighted by molar-refractivity contribution is 6.08. The summed E-state index contributed by atoms with van der Waals surface area (Å²) in [6.07, 6.45) is 1.17. The van der Waals surface area contributed by atoms with Crippen LogP contribution in [-0.2, 0) is 4.74 Å². The van der Waals surface area contributed by atoms with Gasteiger partial charge in [-0.1, -0.05) is 24.6 Å². The molecule has 0 saturated carbocycles. The average Bonchev–Trinajstić information content (AvgIpc) is 3.10. The summed E-state index contributed by atoms with van der Waals surface area (Å²) in [5.74, 6) is -0.213. The van der Waals surface area contributed by atoms with Gasteiger partial charge in [0.25, 0.3) is 5.91 Å². The lowest BCUT2D eigenvalue weighted by Crippen LogP contribution is -2.14. The molecule has 2 aromatic carbocycles. The van der Waals surface area contributed by atoms with Gasteiger partial charge in [0.2, 0.25) is 0 Å². The number of ether oxygens (including phenoxy) is 1. The summed E-state index contributed by atoms with van der Waals surface area (Å²) < 4.78 is 10.3. The first-order chi connectivity index (χ1) is 13.6. The van der Waals surface area contributed by atoms with E-state index in [0.717, 1.165) is 12.8 Å². The van der Waals surface area contributed by atoms with E-state index in [0.29, 0.717) is 34.4 Å². The molecule has 0 radical (unpaired) electrons. The van der Waals surface area contributed by atoms with Gasteiger partial charge < -0.3 is 14.6 Å². The van der Waals surface area contributed by atoms with E-state index in [2.05, 4.69) is 15.8 Å². The first-order valence-corrected chi connectivity index (χ1v) is 8.75. The van der Waals surface area contributed by atoms with E-state index in [1.807, 2.05) is 13.0 Å². The van der Waals surface area contributed by atoms with Gasteiger partial charge in [-0.2, -0.15) is 5.26 Å². The monoisotopic (exact) mass is 378 g/mol. The Balaban J connectivity index is 1.76. The molecule has 8 heteroatoms. The van der Waals surface area contributed by atoms with Crippen LogP contribution in [0.2, 0.25) is 0 Å². The quantitative estimate of drug-likeness (QED) is 0.618. The molecule has 0 saturated heterocycles. The van der Waals surface area contributed by atoms with Crippen LogP contribution < -0.4 is 10.6 Å². The van der Waals surface area contributed by atoms with Crippen molar-refractivity contribution < 1.29 is 18.8 Å². The number of rotatable bonds is 6. The molecule has 8 nitrogen and oxygen atoms in total. The molecular weight excluding hydrogens is 360 g/mol. The average molecular weight is 378 g/mol. The molecule has 0 aliphatic carbocycles. The van der Waals surface area contributed by atoms with Crippen LogP contribution in [0.5, 0.6) is 0 Å². The summed E-state index contributed by atoms with van der Waals surface area (Å²) in [4.78, 5) is 24.2. The van der Waals surface area contributed by atoms with Gasteiger partial charge in [-0.15, -0.1) is 0 Å². The van der Waals surface area contributed by atoms with Gasteiger partial charge in [0.05, 0.1) is 23.6 Å². The van der Waals surface area contributed by atoms with Gasteiger partial charge in [-0.25, -0.2) is 4.79 Å². The van der Waals surface area contributed by atoms with Crippen LogP contribution in [0, 0.1) is 11.3 Å². The second-order valence-corrected chi connectivity index (χ2v) is 6.00. The van der Waals surface area contributed by atoms with Crippen molar-refractivity contribution in [3.05, 3.63) is 53.6 Å². The molecule has 1 aromatic heterocycles. The molecule has 3 rings (SSSR count). The predicted octanol–water partition coefficient (Wildman–Crippen LogP) is 4.30. The molecule has 0 spiro atoms. The van der Waals surface area contributed by atoms with Crippen molar-refractivity contribution in [1.29, 1.82) is 5.26 Å². The molecule has 0 bridgehead atoms. The smallest absolute Gasteiger partial charge is 0.411 e. The number of unbranched alkanes of at least 4 members (excludes halogenated alkanes) is 1. The Morgan fingerprint density at radius 2 is 2.07 bits per heavy atom. The Morgan fingerprint density at radius 3 is 2.86 bits per heavy atom. The third kappa shape index (κ3) is 4.45. The number of hydrogen-bond donors (Lipinski definition) is 2. The van der Waals surface area contributed by atoms with Crippen LogP contribution >= 0.6 is 0 Å². The van der Waals surface area contributed by atoms with Gasteiger partial charge in [-0.05, 0) is 42.8 Å². The van der Waals surface area contributed by atoms with E-state index >= 15 is 0 Å². The first kappa shape index (κ1) is 18.9. The summed E-state index contributed by atoms with van der Waals surface area (Å²) >= 11 is 0. The van der Waals surface area contributed by atoms with Crippen molar-refractivity contribution in [1.82, 2.24) is 5.16 Å². The van der Waals surface area contributed by atoms with E-state index in [4.69, 9.17) is 14.5 Å². The van der Waals surface area contributed by atoms with Crippen LogP contribution in [0.4, 0.5) is 16.3 Å². The summed E-state index contributed by atoms with van der Waals surface area (Å²) in [6, 6.07) is 13.2. The van der Waals surface area contributed by atoms with Crippen molar-refractivity contribution in [3.63, 3.8) is 0 Å². The second-order valence-electron chi connectivity index (χ2n) is 6.00. The number of nitrogens with zero attached hydrogens (tertiary/aromatic N) is 2. The number of carbonyl (C=O) groups is 2. The number of fused-ring (bicyclic) bond motifs is 1. The van der Waals surface area contributed by atoms with Crippen molar-refractivity contribution in [2.24, 2.45) is 0 Å². The largest absolute Gasteiger partial charge is 0.449 e. The predicted molar refractivity (Wildman–Crippen MR) is 103 cm³/mol. The Morgan fingerprint density at radius 1 is 1.21 bits per heavy atom. The zero-order chi connectivity index (χ0) is 19.9. The van der Waals surface area contributed by atoms with E-state index in [-0.39, 0.29) is 5.82 Å². The fourth-order valence-electron chi connectivity index (χ4n) is 2.48. The highest BCUT2D eigenvalue weighted by atomic mass is 16.5. The maximum absolute atomic E-state index is 12.4. The van der Waals surface area contributed by atoms with Crippen LogP contribution in [0.3, 0.4) is 0 Å². The van der Waals surface area contributed by atoms with Crippen LogP contribution in [-0.4, -0.2) is 23.8 Å². The van der Waals surface area contributed by atoms with Crippen molar-refractivity contribution >= 4 is 34.5 Å². The lowest BCUT2D eigenvalue weighted by molar-refractivity contribution is 0.102. The summed E-state index contributed by atoms with van der Waals surface area (Å²) in [7, 11) is 0. The number of carbonyl (C=O) groups excluding carboxylic acids is 2. The molecule has 0 aliphatic rings. The Bertz CT molecular complexity index is 1050. The zero-order valence-corrected chi connectivity index (χ0v) is 15.2. The molecule has 2 N–H and O–H groups in total.